The summed E-state index contributed by atoms with van der Waals surface area (Å²) in [5, 5.41) is 18.7. The average Bonchev–Trinajstić information content (AvgIpc) is 2.28. The zero-order valence-electron chi connectivity index (χ0n) is 10.4. The normalized spacial score (nSPS) is 14.1. The van der Waals surface area contributed by atoms with Crippen LogP contribution in [0.3, 0.4) is 0 Å². The van der Waals surface area contributed by atoms with E-state index in [9.17, 15) is 9.90 Å². The summed E-state index contributed by atoms with van der Waals surface area (Å²) in [6.07, 6.45) is -0.492. The number of anilines is 1. The third-order valence-electron chi connectivity index (χ3n) is 2.79. The molecule has 0 amide bonds. The molecular formula is C13H19NO3. The van der Waals surface area contributed by atoms with Crippen LogP contribution in [0, 0.1) is 5.92 Å². The van der Waals surface area contributed by atoms with Crippen LogP contribution in [0.4, 0.5) is 5.69 Å². The molecule has 0 saturated carbocycles. The number of carbonyl (C=O) groups is 1. The molecular weight excluding hydrogens is 218 g/mol. The highest BCUT2D eigenvalue weighted by molar-refractivity contribution is 5.69. The van der Waals surface area contributed by atoms with Crippen LogP contribution in [0.1, 0.15) is 25.0 Å². The van der Waals surface area contributed by atoms with Gasteiger partial charge in [-0.2, -0.15) is 0 Å². The van der Waals surface area contributed by atoms with Crippen LogP contribution in [0.25, 0.3) is 0 Å². The first kappa shape index (κ1) is 13.5. The van der Waals surface area contributed by atoms with Crippen LogP contribution in [-0.4, -0.2) is 30.3 Å². The summed E-state index contributed by atoms with van der Waals surface area (Å²) in [6.45, 7) is 1.60. The highest BCUT2D eigenvalue weighted by Crippen LogP contribution is 2.23. The Morgan fingerprint density at radius 1 is 1.29 bits per heavy atom. The van der Waals surface area contributed by atoms with Crippen LogP contribution < -0.4 is 4.90 Å². The molecule has 17 heavy (non-hydrogen) atoms. The summed E-state index contributed by atoms with van der Waals surface area (Å²) < 4.78 is 0. The number of carboxylic acid groups (broad SMARTS) is 1. The van der Waals surface area contributed by atoms with E-state index >= 15 is 0 Å². The van der Waals surface area contributed by atoms with Crippen LogP contribution in [-0.2, 0) is 4.79 Å². The Kier molecular flexibility index (Phi) is 4.52. The topological polar surface area (TPSA) is 60.8 Å². The quantitative estimate of drug-likeness (QED) is 0.821. The smallest absolute Gasteiger partial charge is 0.306 e. The zero-order chi connectivity index (χ0) is 13.0. The van der Waals surface area contributed by atoms with Gasteiger partial charge in [-0.3, -0.25) is 4.79 Å². The Morgan fingerprint density at radius 3 is 2.24 bits per heavy atom. The molecule has 1 aromatic carbocycles. The third-order valence-corrected chi connectivity index (χ3v) is 2.79. The van der Waals surface area contributed by atoms with Crippen molar-refractivity contribution in [3.8, 4) is 0 Å². The molecule has 0 heterocycles. The number of aliphatic hydroxyl groups excluding tert-OH is 1. The Labute approximate surface area is 101 Å². The lowest BCUT2D eigenvalue weighted by Gasteiger charge is -2.16. The Morgan fingerprint density at radius 2 is 1.82 bits per heavy atom. The molecule has 0 spiro atoms. The Balaban J connectivity index is 2.69. The Bertz CT molecular complexity index is 373. The Hall–Kier alpha value is -1.55. The van der Waals surface area contributed by atoms with E-state index in [0.717, 1.165) is 11.3 Å². The molecule has 2 atom stereocenters. The molecule has 1 aromatic rings. The van der Waals surface area contributed by atoms with Gasteiger partial charge in [0, 0.05) is 19.8 Å². The van der Waals surface area contributed by atoms with E-state index in [2.05, 4.69) is 0 Å². The lowest BCUT2D eigenvalue weighted by Crippen LogP contribution is -2.14. The van der Waals surface area contributed by atoms with Gasteiger partial charge >= 0.3 is 5.97 Å². The summed E-state index contributed by atoms with van der Waals surface area (Å²) in [7, 11) is 3.88. The molecule has 4 heteroatoms. The number of carboxylic acids is 1. The molecule has 4 nitrogen and oxygen atoms in total. The van der Waals surface area contributed by atoms with Gasteiger partial charge in [-0.05, 0) is 24.1 Å². The summed E-state index contributed by atoms with van der Waals surface area (Å²) in [5.41, 5.74) is 1.80. The fourth-order valence-corrected chi connectivity index (χ4v) is 1.57. The molecule has 0 bridgehead atoms. The fraction of sp³-hybridized carbons (Fsp3) is 0.462. The lowest BCUT2D eigenvalue weighted by molar-refractivity contribution is -0.142. The largest absolute Gasteiger partial charge is 0.481 e. The fourth-order valence-electron chi connectivity index (χ4n) is 1.57. The minimum absolute atomic E-state index is 0.233. The molecule has 2 unspecified atom stereocenters. The van der Waals surface area contributed by atoms with Gasteiger partial charge < -0.3 is 15.1 Å². The molecule has 0 aliphatic heterocycles. The first-order chi connectivity index (χ1) is 7.91. The molecule has 0 fully saturated rings. The third kappa shape index (κ3) is 3.75. The van der Waals surface area contributed by atoms with E-state index in [1.54, 1.807) is 6.92 Å². The van der Waals surface area contributed by atoms with Gasteiger partial charge in [-0.25, -0.2) is 0 Å². The van der Waals surface area contributed by atoms with Crippen molar-refractivity contribution < 1.29 is 15.0 Å². The number of nitrogens with zero attached hydrogens (tertiary/aromatic N) is 1. The van der Waals surface area contributed by atoms with Crippen molar-refractivity contribution in [2.45, 2.75) is 19.4 Å². The van der Waals surface area contributed by atoms with Crippen molar-refractivity contribution in [3.05, 3.63) is 29.8 Å². The maximum Gasteiger partial charge on any atom is 0.306 e. The van der Waals surface area contributed by atoms with E-state index in [0.29, 0.717) is 0 Å². The van der Waals surface area contributed by atoms with Crippen molar-refractivity contribution in [3.63, 3.8) is 0 Å². The number of aliphatic hydroxyl groups is 1. The second-order valence-electron chi connectivity index (χ2n) is 4.48. The summed E-state index contributed by atoms with van der Waals surface area (Å²) in [4.78, 5) is 12.7. The van der Waals surface area contributed by atoms with Crippen LogP contribution in [0.5, 0.6) is 0 Å². The van der Waals surface area contributed by atoms with E-state index in [4.69, 9.17) is 5.11 Å². The van der Waals surface area contributed by atoms with Crippen LogP contribution in [0.15, 0.2) is 24.3 Å². The maximum atomic E-state index is 10.7. The molecule has 2 N–H and O–H groups in total. The van der Waals surface area contributed by atoms with E-state index in [-0.39, 0.29) is 6.42 Å². The van der Waals surface area contributed by atoms with Crippen molar-refractivity contribution in [1.82, 2.24) is 0 Å². The minimum Gasteiger partial charge on any atom is -0.481 e. The monoisotopic (exact) mass is 237 g/mol. The van der Waals surface area contributed by atoms with Crippen molar-refractivity contribution in [2.24, 2.45) is 5.92 Å². The van der Waals surface area contributed by atoms with Crippen molar-refractivity contribution in [1.29, 1.82) is 0 Å². The first-order valence-electron chi connectivity index (χ1n) is 5.60. The van der Waals surface area contributed by atoms with E-state index in [1.165, 1.54) is 0 Å². The number of hydrogen-bond acceptors (Lipinski definition) is 3. The van der Waals surface area contributed by atoms with Crippen LogP contribution in [0.2, 0.25) is 0 Å². The number of hydrogen-bond donors (Lipinski definition) is 2. The summed E-state index contributed by atoms with van der Waals surface area (Å²) in [5.74, 6) is -1.42. The highest BCUT2D eigenvalue weighted by Gasteiger charge is 2.17. The molecule has 0 aliphatic carbocycles. The van der Waals surface area contributed by atoms with Gasteiger partial charge in [-0.1, -0.05) is 19.1 Å². The van der Waals surface area contributed by atoms with Gasteiger partial charge in [0.25, 0.3) is 0 Å². The number of rotatable bonds is 5. The van der Waals surface area contributed by atoms with Gasteiger partial charge in [0.05, 0.1) is 12.0 Å². The average molecular weight is 237 g/mol. The zero-order valence-corrected chi connectivity index (χ0v) is 10.4. The van der Waals surface area contributed by atoms with Gasteiger partial charge in [0.15, 0.2) is 0 Å². The van der Waals surface area contributed by atoms with E-state index < -0.39 is 18.0 Å². The molecule has 0 saturated heterocycles. The summed E-state index contributed by atoms with van der Waals surface area (Å²) in [6, 6.07) is 7.47. The predicted octanol–water partition coefficient (Wildman–Crippen LogP) is 1.90. The highest BCUT2D eigenvalue weighted by atomic mass is 16.4. The van der Waals surface area contributed by atoms with Gasteiger partial charge in [-0.15, -0.1) is 0 Å². The van der Waals surface area contributed by atoms with E-state index in [1.807, 2.05) is 43.3 Å². The predicted molar refractivity (Wildman–Crippen MR) is 67.1 cm³/mol. The SMILES string of the molecule is CC(CC(O)c1ccc(N(C)C)cc1)C(=O)O. The number of benzene rings is 1. The molecule has 0 aromatic heterocycles. The minimum atomic E-state index is -0.881. The van der Waals surface area contributed by atoms with Gasteiger partial charge in [0.2, 0.25) is 0 Å². The maximum absolute atomic E-state index is 10.7. The second kappa shape index (κ2) is 5.68. The van der Waals surface area contributed by atoms with Gasteiger partial charge in [0.1, 0.15) is 0 Å². The van der Waals surface area contributed by atoms with Crippen molar-refractivity contribution in [2.75, 3.05) is 19.0 Å². The summed E-state index contributed by atoms with van der Waals surface area (Å²) >= 11 is 0. The standard InChI is InChI=1S/C13H19NO3/c1-9(13(16)17)8-12(15)10-4-6-11(7-5-10)14(2)3/h4-7,9,12,15H,8H2,1-3H3,(H,16,17). The molecule has 0 aliphatic rings. The first-order valence-corrected chi connectivity index (χ1v) is 5.60. The molecule has 94 valence electrons. The van der Waals surface area contributed by atoms with Crippen LogP contribution >= 0.6 is 0 Å². The second-order valence-corrected chi connectivity index (χ2v) is 4.48. The number of aliphatic carboxylic acids is 1. The van der Waals surface area contributed by atoms with Crippen molar-refractivity contribution >= 4 is 11.7 Å². The molecule has 0 radical (unpaired) electrons. The molecule has 1 rings (SSSR count). The lowest BCUT2D eigenvalue weighted by atomic mass is 9.98.